The molecule has 0 bridgehead atoms. The molecule has 0 spiro atoms. The van der Waals surface area contributed by atoms with Gasteiger partial charge >= 0.3 is 0 Å². The van der Waals surface area contributed by atoms with Gasteiger partial charge in [-0.05, 0) is 63.4 Å². The first-order chi connectivity index (χ1) is 15.0. The number of hydrogen-bond donors (Lipinski definition) is 2. The maximum Gasteiger partial charge on any atom is 0.191 e. The molecule has 1 aromatic carbocycles. The molecule has 0 amide bonds. The van der Waals surface area contributed by atoms with E-state index in [2.05, 4.69) is 37.6 Å². The van der Waals surface area contributed by atoms with Crippen LogP contribution in [0.2, 0.25) is 0 Å². The van der Waals surface area contributed by atoms with Gasteiger partial charge in [0.15, 0.2) is 5.96 Å². The minimum Gasteiger partial charge on any atom is -0.370 e. The zero-order chi connectivity index (χ0) is 22.2. The number of benzene rings is 1. The van der Waals surface area contributed by atoms with E-state index in [0.29, 0.717) is 18.3 Å². The Morgan fingerprint density at radius 3 is 2.50 bits per heavy atom. The highest BCUT2D eigenvalue weighted by molar-refractivity contribution is 14.0. The van der Waals surface area contributed by atoms with Crippen molar-refractivity contribution in [3.05, 3.63) is 53.5 Å². The summed E-state index contributed by atoms with van der Waals surface area (Å²) in [6.07, 6.45) is 2.03. The SMILES string of the molecule is CCN(CC)c1ccc(CNC(=NC)NC2CCN(c3cccc(C)n3)CC2)cc1F.I. The largest absolute Gasteiger partial charge is 0.370 e. The van der Waals surface area contributed by atoms with Gasteiger partial charge in [0, 0.05) is 51.5 Å². The van der Waals surface area contributed by atoms with E-state index in [1.165, 1.54) is 0 Å². The average Bonchev–Trinajstić information content (AvgIpc) is 2.79. The summed E-state index contributed by atoms with van der Waals surface area (Å²) in [4.78, 5) is 13.3. The number of nitrogens with zero attached hydrogens (tertiary/aromatic N) is 4. The molecule has 0 unspecified atom stereocenters. The van der Waals surface area contributed by atoms with Gasteiger partial charge in [-0.3, -0.25) is 4.99 Å². The minimum absolute atomic E-state index is 0. The van der Waals surface area contributed by atoms with Gasteiger partial charge in [-0.15, -0.1) is 24.0 Å². The normalized spacial score (nSPS) is 14.7. The molecule has 0 aliphatic carbocycles. The summed E-state index contributed by atoms with van der Waals surface area (Å²) in [6, 6.07) is 12.0. The Hall–Kier alpha value is -2.10. The van der Waals surface area contributed by atoms with E-state index in [1.54, 1.807) is 13.1 Å². The molecule has 2 N–H and O–H groups in total. The van der Waals surface area contributed by atoms with Crippen LogP contribution in [0.4, 0.5) is 15.9 Å². The third-order valence-corrected chi connectivity index (χ3v) is 5.83. The topological polar surface area (TPSA) is 55.8 Å². The first kappa shape index (κ1) is 26.2. The van der Waals surface area contributed by atoms with Gasteiger partial charge < -0.3 is 20.4 Å². The van der Waals surface area contributed by atoms with E-state index in [9.17, 15) is 4.39 Å². The average molecular weight is 554 g/mol. The van der Waals surface area contributed by atoms with Crippen LogP contribution in [0.5, 0.6) is 0 Å². The molecule has 1 saturated heterocycles. The summed E-state index contributed by atoms with van der Waals surface area (Å²) in [6.45, 7) is 10.1. The summed E-state index contributed by atoms with van der Waals surface area (Å²) < 4.78 is 14.5. The standard InChI is InChI=1S/C24H35FN6.HI/c1-5-30(6-2)22-11-10-19(16-21(22)25)17-27-24(26-4)29-20-12-14-31(15-13-20)23-9-7-8-18(3)28-23;/h7-11,16,20H,5-6,12-15,17H2,1-4H3,(H2,26,27,29);1H. The Kier molecular flexibility index (Phi) is 10.5. The van der Waals surface area contributed by atoms with Gasteiger partial charge in [0.25, 0.3) is 0 Å². The van der Waals surface area contributed by atoms with E-state index >= 15 is 0 Å². The number of rotatable bonds is 7. The Morgan fingerprint density at radius 2 is 1.91 bits per heavy atom. The summed E-state index contributed by atoms with van der Waals surface area (Å²) in [5.74, 6) is 1.62. The molecule has 1 aliphatic rings. The number of aryl methyl sites for hydroxylation is 1. The number of nitrogens with one attached hydrogen (secondary N) is 2. The van der Waals surface area contributed by atoms with Crippen molar-refractivity contribution in [2.45, 2.75) is 46.2 Å². The van der Waals surface area contributed by atoms with Crippen molar-refractivity contribution < 1.29 is 4.39 Å². The lowest BCUT2D eigenvalue weighted by Crippen LogP contribution is -2.48. The minimum atomic E-state index is -0.178. The zero-order valence-corrected chi connectivity index (χ0v) is 21.9. The van der Waals surface area contributed by atoms with E-state index in [-0.39, 0.29) is 29.8 Å². The van der Waals surface area contributed by atoms with Crippen LogP contribution in [0.1, 0.15) is 37.9 Å². The van der Waals surface area contributed by atoms with Crippen LogP contribution in [-0.2, 0) is 6.54 Å². The van der Waals surface area contributed by atoms with Crippen LogP contribution in [0, 0.1) is 12.7 Å². The predicted molar refractivity (Wildman–Crippen MR) is 143 cm³/mol. The Balaban J connectivity index is 0.00000363. The molecule has 32 heavy (non-hydrogen) atoms. The van der Waals surface area contributed by atoms with Crippen LogP contribution >= 0.6 is 24.0 Å². The highest BCUT2D eigenvalue weighted by atomic mass is 127. The van der Waals surface area contributed by atoms with Crippen molar-refractivity contribution in [3.63, 3.8) is 0 Å². The van der Waals surface area contributed by atoms with Gasteiger partial charge in [-0.25, -0.2) is 9.37 Å². The van der Waals surface area contributed by atoms with E-state index in [1.807, 2.05) is 43.9 Å². The molecular formula is C24H36FIN6. The highest BCUT2D eigenvalue weighted by Crippen LogP contribution is 2.21. The van der Waals surface area contributed by atoms with E-state index < -0.39 is 0 Å². The maximum absolute atomic E-state index is 14.5. The third kappa shape index (κ3) is 6.95. The van der Waals surface area contributed by atoms with E-state index in [4.69, 9.17) is 0 Å². The number of piperidine rings is 1. The van der Waals surface area contributed by atoms with Crippen molar-refractivity contribution in [3.8, 4) is 0 Å². The number of hydrogen-bond acceptors (Lipinski definition) is 4. The third-order valence-electron chi connectivity index (χ3n) is 5.83. The summed E-state index contributed by atoms with van der Waals surface area (Å²) in [7, 11) is 1.77. The first-order valence-electron chi connectivity index (χ1n) is 11.2. The van der Waals surface area contributed by atoms with Crippen molar-refractivity contribution >= 4 is 41.4 Å². The van der Waals surface area contributed by atoms with Gasteiger partial charge in [0.05, 0.1) is 5.69 Å². The van der Waals surface area contributed by atoms with Crippen molar-refractivity contribution in [2.24, 2.45) is 4.99 Å². The highest BCUT2D eigenvalue weighted by Gasteiger charge is 2.21. The lowest BCUT2D eigenvalue weighted by atomic mass is 10.1. The van der Waals surface area contributed by atoms with Gasteiger partial charge in [0.1, 0.15) is 11.6 Å². The summed E-state index contributed by atoms with van der Waals surface area (Å²) >= 11 is 0. The van der Waals surface area contributed by atoms with Gasteiger partial charge in [-0.2, -0.15) is 0 Å². The van der Waals surface area contributed by atoms with Crippen LogP contribution in [0.3, 0.4) is 0 Å². The molecule has 176 valence electrons. The molecule has 0 atom stereocenters. The summed E-state index contributed by atoms with van der Waals surface area (Å²) in [5.41, 5.74) is 2.60. The van der Waals surface area contributed by atoms with Crippen LogP contribution in [0.25, 0.3) is 0 Å². The van der Waals surface area contributed by atoms with Gasteiger partial charge in [0.2, 0.25) is 0 Å². The Morgan fingerprint density at radius 1 is 1.19 bits per heavy atom. The fourth-order valence-corrected chi connectivity index (χ4v) is 4.01. The van der Waals surface area contributed by atoms with Crippen molar-refractivity contribution in [2.75, 3.05) is 43.0 Å². The Labute approximate surface area is 208 Å². The quantitative estimate of drug-likeness (QED) is 0.303. The smallest absolute Gasteiger partial charge is 0.191 e. The fourth-order valence-electron chi connectivity index (χ4n) is 4.01. The van der Waals surface area contributed by atoms with E-state index in [0.717, 1.165) is 62.1 Å². The molecule has 2 aromatic rings. The maximum atomic E-state index is 14.5. The second-order valence-corrected chi connectivity index (χ2v) is 7.93. The Bertz CT molecular complexity index is 879. The van der Waals surface area contributed by atoms with Crippen molar-refractivity contribution in [1.29, 1.82) is 0 Å². The number of anilines is 2. The lowest BCUT2D eigenvalue weighted by molar-refractivity contribution is 0.459. The molecule has 0 saturated carbocycles. The molecule has 6 nitrogen and oxygen atoms in total. The molecule has 2 heterocycles. The molecule has 1 aromatic heterocycles. The molecule has 8 heteroatoms. The number of pyridine rings is 1. The fraction of sp³-hybridized carbons (Fsp3) is 0.500. The molecular weight excluding hydrogens is 518 g/mol. The summed E-state index contributed by atoms with van der Waals surface area (Å²) in [5, 5.41) is 6.83. The molecule has 0 radical (unpaired) electrons. The second-order valence-electron chi connectivity index (χ2n) is 7.93. The monoisotopic (exact) mass is 554 g/mol. The molecule has 1 aliphatic heterocycles. The molecule has 1 fully saturated rings. The van der Waals surface area contributed by atoms with Crippen LogP contribution < -0.4 is 20.4 Å². The number of guanidine groups is 1. The number of halogens is 2. The second kappa shape index (κ2) is 12.8. The van der Waals surface area contributed by atoms with Crippen molar-refractivity contribution in [1.82, 2.24) is 15.6 Å². The van der Waals surface area contributed by atoms with Crippen LogP contribution in [-0.4, -0.2) is 50.2 Å². The zero-order valence-electron chi connectivity index (χ0n) is 19.6. The van der Waals surface area contributed by atoms with Gasteiger partial charge in [-0.1, -0.05) is 12.1 Å². The first-order valence-corrected chi connectivity index (χ1v) is 11.2. The van der Waals surface area contributed by atoms with Crippen LogP contribution in [0.15, 0.2) is 41.4 Å². The number of aromatic nitrogens is 1. The predicted octanol–water partition coefficient (Wildman–Crippen LogP) is 4.33. The number of aliphatic imine (C=N–C) groups is 1. The lowest BCUT2D eigenvalue weighted by Gasteiger charge is -2.34. The molecule has 3 rings (SSSR count).